The normalized spacial score (nSPS) is 11.9. The standard InChI is InChI=1S/C28H21N5O2S2/c1-3-13-35-22-12-11-19(15-18(22)2)25-20(17-32(30-25)21-8-5-4-6-9-21)16-24-27(34)33-28(37-24)29-26(31-33)23-10-7-14-36-23/h3-12,14-17H,1,13H2,2H3. The van der Waals surface area contributed by atoms with Crippen molar-refractivity contribution in [1.29, 1.82) is 0 Å². The summed E-state index contributed by atoms with van der Waals surface area (Å²) < 4.78 is 9.50. The van der Waals surface area contributed by atoms with Gasteiger partial charge in [0, 0.05) is 17.3 Å². The summed E-state index contributed by atoms with van der Waals surface area (Å²) in [6.07, 6.45) is 5.53. The first-order valence-electron chi connectivity index (χ1n) is 11.6. The Labute approximate surface area is 220 Å². The van der Waals surface area contributed by atoms with E-state index >= 15 is 0 Å². The van der Waals surface area contributed by atoms with Gasteiger partial charge in [0.2, 0.25) is 4.96 Å². The summed E-state index contributed by atoms with van der Waals surface area (Å²) in [7, 11) is 0. The number of benzene rings is 2. The van der Waals surface area contributed by atoms with E-state index in [1.54, 1.807) is 17.4 Å². The molecule has 0 atom stereocenters. The smallest absolute Gasteiger partial charge is 0.291 e. The van der Waals surface area contributed by atoms with E-state index in [9.17, 15) is 4.79 Å². The molecule has 0 aliphatic heterocycles. The predicted molar refractivity (Wildman–Crippen MR) is 149 cm³/mol. The van der Waals surface area contributed by atoms with Crippen LogP contribution in [-0.4, -0.2) is 31.0 Å². The van der Waals surface area contributed by atoms with Crippen molar-refractivity contribution in [2.45, 2.75) is 6.92 Å². The van der Waals surface area contributed by atoms with Crippen molar-refractivity contribution in [1.82, 2.24) is 24.4 Å². The number of fused-ring (bicyclic) bond motifs is 1. The van der Waals surface area contributed by atoms with Gasteiger partial charge in [-0.25, -0.2) is 4.68 Å². The van der Waals surface area contributed by atoms with Crippen LogP contribution in [0.15, 0.2) is 89.7 Å². The van der Waals surface area contributed by atoms with Crippen molar-refractivity contribution in [3.8, 4) is 33.4 Å². The third-order valence-corrected chi connectivity index (χ3v) is 7.60. The maximum Gasteiger partial charge on any atom is 0.291 e. The van der Waals surface area contributed by atoms with Crippen LogP contribution >= 0.6 is 22.7 Å². The summed E-state index contributed by atoms with van der Waals surface area (Å²) in [5.41, 5.74) is 4.23. The molecule has 2 aromatic carbocycles. The summed E-state index contributed by atoms with van der Waals surface area (Å²) in [5, 5.41) is 11.3. The molecular weight excluding hydrogens is 502 g/mol. The SMILES string of the molecule is C=CCOc1ccc(-c2nn(-c3ccccc3)cc2C=c2sc3nc(-c4cccs4)nn3c2=O)cc1C. The molecule has 182 valence electrons. The number of aryl methyl sites for hydroxylation is 1. The lowest BCUT2D eigenvalue weighted by Gasteiger charge is -2.08. The summed E-state index contributed by atoms with van der Waals surface area (Å²) in [6.45, 7) is 6.15. The van der Waals surface area contributed by atoms with E-state index in [1.165, 1.54) is 15.9 Å². The molecule has 0 saturated heterocycles. The second-order valence-electron chi connectivity index (χ2n) is 8.32. The number of thiazole rings is 1. The van der Waals surface area contributed by atoms with Crippen molar-refractivity contribution in [2.75, 3.05) is 6.61 Å². The van der Waals surface area contributed by atoms with Crippen LogP contribution in [0.3, 0.4) is 0 Å². The number of aromatic nitrogens is 5. The van der Waals surface area contributed by atoms with Crippen LogP contribution in [0.5, 0.6) is 5.75 Å². The molecule has 4 aromatic heterocycles. The molecule has 0 saturated carbocycles. The first-order valence-corrected chi connectivity index (χ1v) is 13.3. The largest absolute Gasteiger partial charge is 0.489 e. The lowest BCUT2D eigenvalue weighted by Crippen LogP contribution is -2.23. The monoisotopic (exact) mass is 523 g/mol. The van der Waals surface area contributed by atoms with E-state index in [0.29, 0.717) is 21.9 Å². The van der Waals surface area contributed by atoms with Gasteiger partial charge in [-0.15, -0.1) is 16.4 Å². The van der Waals surface area contributed by atoms with Crippen LogP contribution in [0, 0.1) is 6.92 Å². The minimum absolute atomic E-state index is 0.196. The second kappa shape index (κ2) is 9.61. The molecule has 0 radical (unpaired) electrons. The van der Waals surface area contributed by atoms with Crippen LogP contribution < -0.4 is 14.8 Å². The first kappa shape index (κ1) is 23.1. The van der Waals surface area contributed by atoms with E-state index in [0.717, 1.165) is 38.7 Å². The van der Waals surface area contributed by atoms with Gasteiger partial charge >= 0.3 is 0 Å². The van der Waals surface area contributed by atoms with Crippen molar-refractivity contribution in [2.24, 2.45) is 0 Å². The number of ether oxygens (including phenoxy) is 1. The average molecular weight is 524 g/mol. The molecule has 6 rings (SSSR count). The van der Waals surface area contributed by atoms with E-state index in [-0.39, 0.29) is 5.56 Å². The van der Waals surface area contributed by atoms with Gasteiger partial charge in [0.15, 0.2) is 5.82 Å². The maximum absolute atomic E-state index is 13.2. The molecule has 6 aromatic rings. The molecule has 7 nitrogen and oxygen atoms in total. The zero-order valence-corrected chi connectivity index (χ0v) is 21.5. The number of para-hydroxylation sites is 1. The Morgan fingerprint density at radius 3 is 2.68 bits per heavy atom. The Kier molecular flexibility index (Phi) is 5.99. The Morgan fingerprint density at radius 1 is 1.08 bits per heavy atom. The number of hydrogen-bond donors (Lipinski definition) is 0. The number of thiophene rings is 1. The lowest BCUT2D eigenvalue weighted by atomic mass is 10.0. The molecule has 0 N–H and O–H groups in total. The highest BCUT2D eigenvalue weighted by atomic mass is 32.1. The topological polar surface area (TPSA) is 74.3 Å². The highest BCUT2D eigenvalue weighted by Crippen LogP contribution is 2.29. The third-order valence-electron chi connectivity index (χ3n) is 5.78. The van der Waals surface area contributed by atoms with Crippen LogP contribution in [0.25, 0.3) is 38.7 Å². The molecule has 0 aliphatic rings. The average Bonchev–Trinajstić information content (AvgIpc) is 3.70. The number of rotatable bonds is 7. The zero-order valence-electron chi connectivity index (χ0n) is 19.9. The lowest BCUT2D eigenvalue weighted by molar-refractivity contribution is 0.361. The van der Waals surface area contributed by atoms with E-state index in [2.05, 4.69) is 16.7 Å². The molecule has 0 unspecified atom stereocenters. The molecule has 0 bridgehead atoms. The van der Waals surface area contributed by atoms with Crippen molar-refractivity contribution in [3.05, 3.63) is 111 Å². The summed E-state index contributed by atoms with van der Waals surface area (Å²) in [4.78, 5) is 19.3. The molecule has 0 aliphatic carbocycles. The van der Waals surface area contributed by atoms with Gasteiger partial charge in [0.25, 0.3) is 5.56 Å². The van der Waals surface area contributed by atoms with Gasteiger partial charge in [0.1, 0.15) is 18.1 Å². The van der Waals surface area contributed by atoms with Crippen molar-refractivity contribution < 1.29 is 4.74 Å². The predicted octanol–water partition coefficient (Wildman–Crippen LogP) is 5.15. The summed E-state index contributed by atoms with van der Waals surface area (Å²) in [6, 6.07) is 19.7. The van der Waals surface area contributed by atoms with Crippen LogP contribution in [0.1, 0.15) is 11.1 Å². The fourth-order valence-electron chi connectivity index (χ4n) is 4.02. The minimum atomic E-state index is -0.196. The van der Waals surface area contributed by atoms with Gasteiger partial charge < -0.3 is 4.74 Å². The Balaban J connectivity index is 1.47. The van der Waals surface area contributed by atoms with Gasteiger partial charge in [-0.1, -0.05) is 48.3 Å². The summed E-state index contributed by atoms with van der Waals surface area (Å²) in [5.74, 6) is 1.36. The zero-order chi connectivity index (χ0) is 25.4. The van der Waals surface area contributed by atoms with Crippen LogP contribution in [0.2, 0.25) is 0 Å². The van der Waals surface area contributed by atoms with Crippen LogP contribution in [0.4, 0.5) is 0 Å². The Bertz CT molecular complexity index is 1830. The Morgan fingerprint density at radius 2 is 1.95 bits per heavy atom. The van der Waals surface area contributed by atoms with Gasteiger partial charge in [-0.3, -0.25) is 4.79 Å². The quantitative estimate of drug-likeness (QED) is 0.271. The number of nitrogens with zero attached hydrogens (tertiary/aromatic N) is 5. The fourth-order valence-corrected chi connectivity index (χ4v) is 5.57. The maximum atomic E-state index is 13.2. The highest BCUT2D eigenvalue weighted by molar-refractivity contribution is 7.15. The van der Waals surface area contributed by atoms with E-state index in [4.69, 9.17) is 9.84 Å². The van der Waals surface area contributed by atoms with Gasteiger partial charge in [-0.2, -0.15) is 14.6 Å². The number of hydrogen-bond acceptors (Lipinski definition) is 7. The molecule has 4 heterocycles. The minimum Gasteiger partial charge on any atom is -0.489 e. The fraction of sp³-hybridized carbons (Fsp3) is 0.0714. The van der Waals surface area contributed by atoms with E-state index in [1.807, 2.05) is 89.9 Å². The summed E-state index contributed by atoms with van der Waals surface area (Å²) >= 11 is 2.87. The van der Waals surface area contributed by atoms with Crippen LogP contribution in [-0.2, 0) is 0 Å². The molecular formula is C28H21N5O2S2. The third kappa shape index (κ3) is 4.39. The molecule has 9 heteroatoms. The van der Waals surface area contributed by atoms with E-state index < -0.39 is 0 Å². The van der Waals surface area contributed by atoms with Gasteiger partial charge in [-0.05, 0) is 60.3 Å². The second-order valence-corrected chi connectivity index (χ2v) is 10.3. The first-order chi connectivity index (χ1) is 18.1. The molecule has 0 amide bonds. The molecule has 37 heavy (non-hydrogen) atoms. The van der Waals surface area contributed by atoms with Crippen molar-refractivity contribution in [3.63, 3.8) is 0 Å². The highest BCUT2D eigenvalue weighted by Gasteiger charge is 2.16. The van der Waals surface area contributed by atoms with Gasteiger partial charge in [0.05, 0.1) is 15.1 Å². The Hall–Kier alpha value is -4.34. The molecule has 0 fully saturated rings. The van der Waals surface area contributed by atoms with Crippen molar-refractivity contribution >= 4 is 33.7 Å². The molecule has 0 spiro atoms.